The molecular weight excluding hydrogens is 301 g/mol. The van der Waals surface area contributed by atoms with Crippen molar-refractivity contribution in [2.24, 2.45) is 0 Å². The number of halogens is 3. The lowest BCUT2D eigenvalue weighted by Gasteiger charge is -2.16. The molecule has 1 N–H and O–H groups in total. The van der Waals surface area contributed by atoms with Gasteiger partial charge in [-0.1, -0.05) is 0 Å². The van der Waals surface area contributed by atoms with Gasteiger partial charge in [0.05, 0.1) is 18.7 Å². The summed E-state index contributed by atoms with van der Waals surface area (Å²) in [7, 11) is 0. The smallest absolute Gasteiger partial charge is 0.410 e. The molecule has 1 heterocycles. The predicted molar refractivity (Wildman–Crippen MR) is 70.8 cm³/mol. The summed E-state index contributed by atoms with van der Waals surface area (Å²) >= 11 is 0. The maximum Gasteiger partial charge on any atom is 0.410 e. The molecule has 1 aromatic rings. The van der Waals surface area contributed by atoms with Crippen LogP contribution in [0.1, 0.15) is 24.2 Å². The molecule has 0 aromatic heterocycles. The molecule has 1 unspecified atom stereocenters. The fraction of sp³-hybridized carbons (Fsp3) is 0.429. The first kappa shape index (κ1) is 16.1. The van der Waals surface area contributed by atoms with Crippen LogP contribution in [0, 0.1) is 17.5 Å². The van der Waals surface area contributed by atoms with Crippen LogP contribution in [-0.4, -0.2) is 42.1 Å². The van der Waals surface area contributed by atoms with Crippen LogP contribution in [0.5, 0.6) is 0 Å². The Morgan fingerprint density at radius 3 is 2.64 bits per heavy atom. The van der Waals surface area contributed by atoms with E-state index in [4.69, 9.17) is 4.74 Å². The second-order valence-corrected chi connectivity index (χ2v) is 5.18. The van der Waals surface area contributed by atoms with Crippen molar-refractivity contribution >= 4 is 12.0 Å². The first-order valence-corrected chi connectivity index (χ1v) is 6.70. The standard InChI is InChI=1S/C14H15F3N2O3/c1-7(2)19-6-8(22-14(19)21)5-18-13(20)9-3-4-10(15)12(17)11(9)16/h3-4,7-8H,5-6H2,1-2H3,(H,18,20). The Balaban J connectivity index is 1.97. The Bertz CT molecular complexity index is 607. The highest BCUT2D eigenvalue weighted by Crippen LogP contribution is 2.16. The van der Waals surface area contributed by atoms with Crippen molar-refractivity contribution < 1.29 is 27.5 Å². The first-order chi connectivity index (χ1) is 10.3. The molecule has 1 atom stereocenters. The van der Waals surface area contributed by atoms with Gasteiger partial charge in [0.1, 0.15) is 6.10 Å². The summed E-state index contributed by atoms with van der Waals surface area (Å²) in [5.41, 5.74) is -0.607. The molecular formula is C14H15F3N2O3. The lowest BCUT2D eigenvalue weighted by atomic mass is 10.2. The Labute approximate surface area is 125 Å². The molecule has 0 spiro atoms. The molecule has 1 aliphatic heterocycles. The fourth-order valence-corrected chi connectivity index (χ4v) is 2.07. The summed E-state index contributed by atoms with van der Waals surface area (Å²) in [4.78, 5) is 24.8. The van der Waals surface area contributed by atoms with Gasteiger partial charge in [-0.25, -0.2) is 18.0 Å². The number of amides is 2. The van der Waals surface area contributed by atoms with Crippen LogP contribution in [0.3, 0.4) is 0 Å². The normalized spacial score (nSPS) is 17.8. The third kappa shape index (κ3) is 3.15. The van der Waals surface area contributed by atoms with Gasteiger partial charge in [0.2, 0.25) is 0 Å². The third-order valence-corrected chi connectivity index (χ3v) is 3.30. The van der Waals surface area contributed by atoms with Crippen LogP contribution in [0.4, 0.5) is 18.0 Å². The highest BCUT2D eigenvalue weighted by Gasteiger charge is 2.33. The number of cyclic esters (lactones) is 1. The van der Waals surface area contributed by atoms with E-state index in [0.717, 1.165) is 6.07 Å². The summed E-state index contributed by atoms with van der Waals surface area (Å²) in [6.45, 7) is 3.88. The summed E-state index contributed by atoms with van der Waals surface area (Å²) in [5.74, 6) is -5.53. The third-order valence-electron chi connectivity index (χ3n) is 3.30. The number of nitrogens with zero attached hydrogens (tertiary/aromatic N) is 1. The van der Waals surface area contributed by atoms with Gasteiger partial charge in [-0.2, -0.15) is 0 Å². The summed E-state index contributed by atoms with van der Waals surface area (Å²) in [6.07, 6.45) is -1.07. The number of hydrogen-bond donors (Lipinski definition) is 1. The molecule has 0 radical (unpaired) electrons. The fourth-order valence-electron chi connectivity index (χ4n) is 2.07. The molecule has 120 valence electrons. The Morgan fingerprint density at radius 2 is 2.05 bits per heavy atom. The summed E-state index contributed by atoms with van der Waals surface area (Å²) in [5, 5.41) is 2.34. The molecule has 0 aliphatic carbocycles. The van der Waals surface area contributed by atoms with E-state index >= 15 is 0 Å². The van der Waals surface area contributed by atoms with Crippen LogP contribution in [0.15, 0.2) is 12.1 Å². The molecule has 1 fully saturated rings. The van der Waals surface area contributed by atoms with Crippen molar-refractivity contribution in [2.45, 2.75) is 26.0 Å². The van der Waals surface area contributed by atoms with Crippen LogP contribution in [0.2, 0.25) is 0 Å². The number of benzene rings is 1. The van der Waals surface area contributed by atoms with E-state index in [1.165, 1.54) is 4.90 Å². The zero-order valence-corrected chi connectivity index (χ0v) is 12.0. The minimum absolute atomic E-state index is 0.0446. The number of rotatable bonds is 4. The monoisotopic (exact) mass is 316 g/mol. The molecule has 0 saturated carbocycles. The second-order valence-electron chi connectivity index (χ2n) is 5.18. The van der Waals surface area contributed by atoms with E-state index in [-0.39, 0.29) is 19.1 Å². The Hall–Kier alpha value is -2.25. The zero-order chi connectivity index (χ0) is 16.4. The topological polar surface area (TPSA) is 58.6 Å². The first-order valence-electron chi connectivity index (χ1n) is 6.70. The predicted octanol–water partition coefficient (Wildman–Crippen LogP) is 2.06. The number of nitrogens with one attached hydrogen (secondary N) is 1. The van der Waals surface area contributed by atoms with Crippen LogP contribution in [0.25, 0.3) is 0 Å². The molecule has 8 heteroatoms. The number of carbonyl (C=O) groups is 2. The molecule has 2 amide bonds. The molecule has 1 aliphatic rings. The number of carbonyl (C=O) groups excluding carboxylic acids is 2. The second kappa shape index (κ2) is 6.25. The van der Waals surface area contributed by atoms with E-state index in [1.807, 2.05) is 13.8 Å². The molecule has 2 rings (SSSR count). The Kier molecular flexibility index (Phi) is 4.58. The zero-order valence-electron chi connectivity index (χ0n) is 12.0. The van der Waals surface area contributed by atoms with Gasteiger partial charge in [-0.3, -0.25) is 4.79 Å². The van der Waals surface area contributed by atoms with Crippen molar-refractivity contribution in [2.75, 3.05) is 13.1 Å². The SMILES string of the molecule is CC(C)N1CC(CNC(=O)c2ccc(F)c(F)c2F)OC1=O. The van der Waals surface area contributed by atoms with Crippen molar-refractivity contribution in [1.29, 1.82) is 0 Å². The van der Waals surface area contributed by atoms with E-state index < -0.39 is 41.1 Å². The quantitative estimate of drug-likeness (QED) is 0.865. The Morgan fingerprint density at radius 1 is 1.36 bits per heavy atom. The molecule has 1 aromatic carbocycles. The van der Waals surface area contributed by atoms with Gasteiger partial charge in [0, 0.05) is 6.04 Å². The van der Waals surface area contributed by atoms with Crippen LogP contribution < -0.4 is 5.32 Å². The van der Waals surface area contributed by atoms with Gasteiger partial charge in [0.15, 0.2) is 17.5 Å². The molecule has 0 bridgehead atoms. The average Bonchev–Trinajstić information content (AvgIpc) is 2.84. The van der Waals surface area contributed by atoms with Gasteiger partial charge in [-0.05, 0) is 26.0 Å². The van der Waals surface area contributed by atoms with E-state index in [2.05, 4.69) is 5.32 Å². The number of hydrogen-bond acceptors (Lipinski definition) is 3. The minimum atomic E-state index is -1.70. The highest BCUT2D eigenvalue weighted by molar-refractivity contribution is 5.94. The van der Waals surface area contributed by atoms with Crippen LogP contribution >= 0.6 is 0 Å². The van der Waals surface area contributed by atoms with Crippen molar-refractivity contribution in [3.8, 4) is 0 Å². The van der Waals surface area contributed by atoms with Gasteiger partial charge < -0.3 is 15.0 Å². The van der Waals surface area contributed by atoms with Gasteiger partial charge in [0.25, 0.3) is 5.91 Å². The van der Waals surface area contributed by atoms with E-state index in [9.17, 15) is 22.8 Å². The van der Waals surface area contributed by atoms with Crippen molar-refractivity contribution in [3.05, 3.63) is 35.1 Å². The lowest BCUT2D eigenvalue weighted by molar-refractivity contribution is 0.0909. The minimum Gasteiger partial charge on any atom is -0.442 e. The summed E-state index contributed by atoms with van der Waals surface area (Å²) in [6, 6.07) is 1.48. The summed E-state index contributed by atoms with van der Waals surface area (Å²) < 4.78 is 44.4. The van der Waals surface area contributed by atoms with Crippen LogP contribution in [-0.2, 0) is 4.74 Å². The molecule has 1 saturated heterocycles. The average molecular weight is 316 g/mol. The highest BCUT2D eigenvalue weighted by atomic mass is 19.2. The maximum absolute atomic E-state index is 13.5. The van der Waals surface area contributed by atoms with Crippen molar-refractivity contribution in [3.63, 3.8) is 0 Å². The number of ether oxygens (including phenoxy) is 1. The molecule has 22 heavy (non-hydrogen) atoms. The van der Waals surface area contributed by atoms with E-state index in [0.29, 0.717) is 6.07 Å². The van der Waals surface area contributed by atoms with Crippen molar-refractivity contribution in [1.82, 2.24) is 10.2 Å². The van der Waals surface area contributed by atoms with Gasteiger partial charge >= 0.3 is 6.09 Å². The van der Waals surface area contributed by atoms with Gasteiger partial charge in [-0.15, -0.1) is 0 Å². The van der Waals surface area contributed by atoms with E-state index in [1.54, 1.807) is 0 Å². The maximum atomic E-state index is 13.5. The largest absolute Gasteiger partial charge is 0.442 e. The molecule has 5 nitrogen and oxygen atoms in total. The lowest BCUT2D eigenvalue weighted by Crippen LogP contribution is -2.36.